The van der Waals surface area contributed by atoms with Gasteiger partial charge in [-0.05, 0) is 50.7 Å². The highest BCUT2D eigenvalue weighted by Gasteiger charge is 2.11. The molecule has 0 bridgehead atoms. The lowest BCUT2D eigenvalue weighted by molar-refractivity contribution is 0.219. The number of nitrogens with zero attached hydrogens (tertiary/aromatic N) is 1. The average Bonchev–Trinajstić information content (AvgIpc) is 2.13. The molecule has 0 aromatic rings. The molecule has 0 aliphatic carbocycles. The Hall–Kier alpha value is -0.0400. The van der Waals surface area contributed by atoms with Gasteiger partial charge in [-0.2, -0.15) is 0 Å². The van der Waals surface area contributed by atoms with Gasteiger partial charge in [0.2, 0.25) is 0 Å². The Morgan fingerprint density at radius 1 is 0.929 bits per heavy atom. The SMILES string of the molecule is CC(C)(C)CCCCN1CCCCC1. The lowest BCUT2D eigenvalue weighted by Crippen LogP contribution is -2.30. The van der Waals surface area contributed by atoms with Gasteiger partial charge in [0.15, 0.2) is 0 Å². The molecule has 84 valence electrons. The molecule has 1 rings (SSSR count). The van der Waals surface area contributed by atoms with Crippen molar-refractivity contribution in [2.24, 2.45) is 5.41 Å². The zero-order valence-corrected chi connectivity index (χ0v) is 10.3. The third kappa shape index (κ3) is 5.64. The van der Waals surface area contributed by atoms with Gasteiger partial charge < -0.3 is 4.90 Å². The van der Waals surface area contributed by atoms with E-state index in [1.807, 2.05) is 0 Å². The first-order valence-corrected chi connectivity index (χ1v) is 6.30. The fourth-order valence-electron chi connectivity index (χ4n) is 2.17. The first-order chi connectivity index (χ1) is 6.58. The summed E-state index contributed by atoms with van der Waals surface area (Å²) in [6, 6.07) is 0. The average molecular weight is 197 g/mol. The van der Waals surface area contributed by atoms with Gasteiger partial charge in [0.1, 0.15) is 0 Å². The summed E-state index contributed by atoms with van der Waals surface area (Å²) in [5.74, 6) is 0. The second-order valence-electron chi connectivity index (χ2n) is 5.92. The quantitative estimate of drug-likeness (QED) is 0.621. The normalized spacial score (nSPS) is 19.9. The molecule has 14 heavy (non-hydrogen) atoms. The van der Waals surface area contributed by atoms with Crippen molar-refractivity contribution >= 4 is 0 Å². The predicted octanol–water partition coefficient (Wildman–Crippen LogP) is 3.69. The Labute approximate surface area is 89.9 Å². The van der Waals surface area contributed by atoms with Crippen molar-refractivity contribution < 1.29 is 0 Å². The van der Waals surface area contributed by atoms with Crippen LogP contribution in [0, 0.1) is 5.41 Å². The molecule has 0 amide bonds. The van der Waals surface area contributed by atoms with Crippen LogP contribution >= 0.6 is 0 Å². The maximum Gasteiger partial charge on any atom is -0.00187 e. The Morgan fingerprint density at radius 3 is 2.14 bits per heavy atom. The molecule has 0 radical (unpaired) electrons. The monoisotopic (exact) mass is 197 g/mol. The zero-order valence-electron chi connectivity index (χ0n) is 10.3. The van der Waals surface area contributed by atoms with E-state index in [0.29, 0.717) is 5.41 Å². The van der Waals surface area contributed by atoms with E-state index in [-0.39, 0.29) is 0 Å². The van der Waals surface area contributed by atoms with E-state index in [0.717, 1.165) is 0 Å². The number of unbranched alkanes of at least 4 members (excludes halogenated alkanes) is 1. The van der Waals surface area contributed by atoms with E-state index in [9.17, 15) is 0 Å². The second kappa shape index (κ2) is 5.75. The second-order valence-corrected chi connectivity index (χ2v) is 5.92. The summed E-state index contributed by atoms with van der Waals surface area (Å²) in [7, 11) is 0. The number of hydrogen-bond acceptors (Lipinski definition) is 1. The lowest BCUT2D eigenvalue weighted by Gasteiger charge is -2.26. The van der Waals surface area contributed by atoms with Crippen molar-refractivity contribution in [3.8, 4) is 0 Å². The summed E-state index contributed by atoms with van der Waals surface area (Å²) in [6.07, 6.45) is 8.50. The van der Waals surface area contributed by atoms with Gasteiger partial charge in [-0.3, -0.25) is 0 Å². The van der Waals surface area contributed by atoms with Crippen LogP contribution in [0.5, 0.6) is 0 Å². The largest absolute Gasteiger partial charge is 0.303 e. The van der Waals surface area contributed by atoms with E-state index in [2.05, 4.69) is 25.7 Å². The molecule has 0 spiro atoms. The maximum atomic E-state index is 2.64. The molecule has 0 aromatic carbocycles. The van der Waals surface area contributed by atoms with Crippen molar-refractivity contribution in [1.29, 1.82) is 0 Å². The van der Waals surface area contributed by atoms with Gasteiger partial charge >= 0.3 is 0 Å². The Morgan fingerprint density at radius 2 is 1.57 bits per heavy atom. The smallest absolute Gasteiger partial charge is 0.00187 e. The maximum absolute atomic E-state index is 2.64. The minimum absolute atomic E-state index is 0.530. The number of piperidine rings is 1. The molecule has 1 heterocycles. The molecular weight excluding hydrogens is 170 g/mol. The fourth-order valence-corrected chi connectivity index (χ4v) is 2.17. The van der Waals surface area contributed by atoms with Gasteiger partial charge in [0.05, 0.1) is 0 Å². The van der Waals surface area contributed by atoms with E-state index < -0.39 is 0 Å². The molecule has 0 N–H and O–H groups in total. The first kappa shape index (κ1) is 12.0. The number of hydrogen-bond donors (Lipinski definition) is 0. The molecule has 1 fully saturated rings. The van der Waals surface area contributed by atoms with E-state index in [1.54, 1.807) is 0 Å². The minimum atomic E-state index is 0.530. The Kier molecular flexibility index (Phi) is 4.94. The standard InChI is InChI=1S/C13H27N/c1-13(2,3)9-5-8-12-14-10-6-4-7-11-14/h4-12H2,1-3H3. The molecule has 1 heteroatoms. The Balaban J connectivity index is 1.97. The fraction of sp³-hybridized carbons (Fsp3) is 1.00. The lowest BCUT2D eigenvalue weighted by atomic mass is 9.90. The van der Waals surface area contributed by atoms with Crippen LogP contribution in [0.1, 0.15) is 59.3 Å². The molecule has 0 saturated carbocycles. The van der Waals surface area contributed by atoms with Gasteiger partial charge in [-0.25, -0.2) is 0 Å². The molecule has 0 aromatic heterocycles. The highest BCUT2D eigenvalue weighted by molar-refractivity contribution is 4.66. The highest BCUT2D eigenvalue weighted by Crippen LogP contribution is 2.21. The predicted molar refractivity (Wildman–Crippen MR) is 63.6 cm³/mol. The van der Waals surface area contributed by atoms with Crippen molar-refractivity contribution in [1.82, 2.24) is 4.90 Å². The van der Waals surface area contributed by atoms with Crippen LogP contribution in [-0.4, -0.2) is 24.5 Å². The molecule has 1 aliphatic heterocycles. The first-order valence-electron chi connectivity index (χ1n) is 6.30. The molecule has 1 saturated heterocycles. The molecular formula is C13H27N. The van der Waals surface area contributed by atoms with Crippen LogP contribution in [-0.2, 0) is 0 Å². The van der Waals surface area contributed by atoms with Gasteiger partial charge in [-0.1, -0.05) is 33.6 Å². The summed E-state index contributed by atoms with van der Waals surface area (Å²) in [6.45, 7) is 11.1. The summed E-state index contributed by atoms with van der Waals surface area (Å²) in [5, 5.41) is 0. The number of rotatable bonds is 4. The van der Waals surface area contributed by atoms with Crippen LogP contribution in [0.15, 0.2) is 0 Å². The van der Waals surface area contributed by atoms with Crippen molar-refractivity contribution in [3.63, 3.8) is 0 Å². The third-order valence-electron chi connectivity index (χ3n) is 3.10. The molecule has 1 nitrogen and oxygen atoms in total. The van der Waals surface area contributed by atoms with Crippen LogP contribution in [0.4, 0.5) is 0 Å². The van der Waals surface area contributed by atoms with Gasteiger partial charge in [0, 0.05) is 0 Å². The van der Waals surface area contributed by atoms with Crippen molar-refractivity contribution in [3.05, 3.63) is 0 Å². The highest BCUT2D eigenvalue weighted by atomic mass is 15.1. The van der Waals surface area contributed by atoms with Crippen LogP contribution < -0.4 is 0 Å². The molecule has 0 unspecified atom stereocenters. The topological polar surface area (TPSA) is 3.24 Å². The molecule has 1 aliphatic rings. The third-order valence-corrected chi connectivity index (χ3v) is 3.10. The summed E-state index contributed by atoms with van der Waals surface area (Å²) < 4.78 is 0. The van der Waals surface area contributed by atoms with Crippen molar-refractivity contribution in [2.75, 3.05) is 19.6 Å². The summed E-state index contributed by atoms with van der Waals surface area (Å²) in [5.41, 5.74) is 0.530. The Bertz CT molecular complexity index is 140. The van der Waals surface area contributed by atoms with Crippen LogP contribution in [0.25, 0.3) is 0 Å². The van der Waals surface area contributed by atoms with E-state index in [1.165, 1.54) is 58.2 Å². The van der Waals surface area contributed by atoms with Gasteiger partial charge in [-0.15, -0.1) is 0 Å². The molecule has 0 atom stereocenters. The number of likely N-dealkylation sites (tertiary alicyclic amines) is 1. The minimum Gasteiger partial charge on any atom is -0.303 e. The zero-order chi connectivity index (χ0) is 10.4. The van der Waals surface area contributed by atoms with Crippen molar-refractivity contribution in [2.45, 2.75) is 59.3 Å². The summed E-state index contributed by atoms with van der Waals surface area (Å²) in [4.78, 5) is 2.64. The van der Waals surface area contributed by atoms with Crippen LogP contribution in [0.3, 0.4) is 0 Å². The van der Waals surface area contributed by atoms with E-state index >= 15 is 0 Å². The van der Waals surface area contributed by atoms with Gasteiger partial charge in [0.25, 0.3) is 0 Å². The van der Waals surface area contributed by atoms with E-state index in [4.69, 9.17) is 0 Å². The summed E-state index contributed by atoms with van der Waals surface area (Å²) >= 11 is 0. The van der Waals surface area contributed by atoms with Crippen LogP contribution in [0.2, 0.25) is 0 Å².